The number of benzene rings is 1. The molecule has 1 aromatic rings. The Bertz CT molecular complexity index is 432. The summed E-state index contributed by atoms with van der Waals surface area (Å²) in [4.78, 5) is 10.3. The normalized spacial score (nSPS) is 12.7. The summed E-state index contributed by atoms with van der Waals surface area (Å²) in [6.45, 7) is 1.31. The minimum Gasteiger partial charge on any atom is -0.298 e. The number of aldehydes is 1. The molecule has 0 radical (unpaired) electrons. The Balaban J connectivity index is 3.41. The first kappa shape index (κ1) is 12.4. The van der Waals surface area contributed by atoms with E-state index in [1.54, 1.807) is 0 Å². The van der Waals surface area contributed by atoms with Crippen molar-refractivity contribution in [2.24, 2.45) is 0 Å². The van der Waals surface area contributed by atoms with Crippen LogP contribution in [-0.4, -0.2) is 6.29 Å². The van der Waals surface area contributed by atoms with Gasteiger partial charge < -0.3 is 0 Å². The average molecular weight is 232 g/mol. The molecule has 0 saturated heterocycles. The maximum absolute atomic E-state index is 13.2. The summed E-state index contributed by atoms with van der Waals surface area (Å²) in [6, 6.07) is 2.66. The molecule has 5 heteroatoms. The van der Waals surface area contributed by atoms with Crippen LogP contribution in [0.1, 0.15) is 18.1 Å². The second-order valence-corrected chi connectivity index (χ2v) is 3.21. The van der Waals surface area contributed by atoms with Gasteiger partial charge in [0.25, 0.3) is 0 Å². The highest BCUT2D eigenvalue weighted by atomic mass is 19.4. The summed E-state index contributed by atoms with van der Waals surface area (Å²) in [5.74, 6) is -1.00. The Kier molecular flexibility index (Phi) is 3.47. The molecule has 1 rings (SSSR count). The van der Waals surface area contributed by atoms with Crippen molar-refractivity contribution < 1.29 is 22.4 Å². The lowest BCUT2D eigenvalue weighted by molar-refractivity contribution is -0.137. The van der Waals surface area contributed by atoms with Crippen molar-refractivity contribution in [3.63, 3.8) is 0 Å². The van der Waals surface area contributed by atoms with Crippen LogP contribution in [0.2, 0.25) is 0 Å². The number of hydrogen-bond donors (Lipinski definition) is 0. The second kappa shape index (κ2) is 4.47. The Morgan fingerprint density at radius 3 is 2.44 bits per heavy atom. The molecule has 0 atom stereocenters. The van der Waals surface area contributed by atoms with Gasteiger partial charge in [0.1, 0.15) is 12.1 Å². The lowest BCUT2D eigenvalue weighted by atomic mass is 10.0. The van der Waals surface area contributed by atoms with Crippen molar-refractivity contribution in [1.29, 1.82) is 0 Å². The van der Waals surface area contributed by atoms with Crippen LogP contribution in [-0.2, 0) is 11.0 Å². The molecule has 0 saturated carbocycles. The summed E-state index contributed by atoms with van der Waals surface area (Å²) < 4.78 is 50.7. The van der Waals surface area contributed by atoms with Gasteiger partial charge in [-0.05, 0) is 30.7 Å². The first-order chi connectivity index (χ1) is 7.36. The van der Waals surface area contributed by atoms with Crippen LogP contribution in [0.5, 0.6) is 0 Å². The Morgan fingerprint density at radius 1 is 1.31 bits per heavy atom. The number of carbonyl (C=O) groups is 1. The van der Waals surface area contributed by atoms with Crippen molar-refractivity contribution >= 4 is 12.4 Å². The molecule has 0 fully saturated rings. The van der Waals surface area contributed by atoms with Crippen LogP contribution in [0.3, 0.4) is 0 Å². The molecule has 0 aliphatic carbocycles. The molecule has 86 valence electrons. The van der Waals surface area contributed by atoms with Gasteiger partial charge in [0.2, 0.25) is 0 Å². The van der Waals surface area contributed by atoms with E-state index in [-0.39, 0.29) is 5.57 Å². The second-order valence-electron chi connectivity index (χ2n) is 3.21. The summed E-state index contributed by atoms with van der Waals surface area (Å²) in [6.07, 6.45) is -3.39. The predicted octanol–water partition coefficient (Wildman–Crippen LogP) is 3.45. The molecule has 1 aromatic carbocycles. The van der Waals surface area contributed by atoms with Crippen molar-refractivity contribution in [3.05, 3.63) is 40.7 Å². The maximum Gasteiger partial charge on any atom is 0.417 e. The summed E-state index contributed by atoms with van der Waals surface area (Å²) in [5, 5.41) is 0. The van der Waals surface area contributed by atoms with E-state index in [9.17, 15) is 22.4 Å². The molecule has 0 bridgehead atoms. The summed E-state index contributed by atoms with van der Waals surface area (Å²) >= 11 is 0. The van der Waals surface area contributed by atoms with Crippen molar-refractivity contribution in [2.75, 3.05) is 0 Å². The molecular formula is C11H8F4O. The van der Waals surface area contributed by atoms with Crippen molar-refractivity contribution in [1.82, 2.24) is 0 Å². The van der Waals surface area contributed by atoms with Crippen LogP contribution in [0, 0.1) is 5.82 Å². The van der Waals surface area contributed by atoms with E-state index in [0.29, 0.717) is 6.29 Å². The number of carbonyl (C=O) groups excluding carboxylic acids is 1. The zero-order valence-electron chi connectivity index (χ0n) is 8.31. The SMILES string of the molecule is CC(C=O)=Cc1c(F)cccc1C(F)(F)F. The Hall–Kier alpha value is -1.65. The standard InChI is InChI=1S/C11H8F4O/c1-7(6-16)5-8-9(11(13,14)15)3-2-4-10(8)12/h2-6H,1H3. The minimum absolute atomic E-state index is 0.0237. The highest BCUT2D eigenvalue weighted by molar-refractivity contribution is 5.81. The fourth-order valence-electron chi connectivity index (χ4n) is 1.19. The molecule has 0 heterocycles. The molecule has 0 aliphatic rings. The van der Waals surface area contributed by atoms with Crippen molar-refractivity contribution in [3.8, 4) is 0 Å². The van der Waals surface area contributed by atoms with Gasteiger partial charge in [0, 0.05) is 5.56 Å². The number of alkyl halides is 3. The van der Waals surface area contributed by atoms with Crippen LogP contribution in [0.25, 0.3) is 6.08 Å². The van der Waals surface area contributed by atoms with E-state index >= 15 is 0 Å². The fourth-order valence-corrected chi connectivity index (χ4v) is 1.19. The van der Waals surface area contributed by atoms with Crippen LogP contribution in [0.4, 0.5) is 17.6 Å². The van der Waals surface area contributed by atoms with Crippen LogP contribution < -0.4 is 0 Å². The van der Waals surface area contributed by atoms with Gasteiger partial charge in [0.05, 0.1) is 5.56 Å². The van der Waals surface area contributed by atoms with Crippen LogP contribution in [0.15, 0.2) is 23.8 Å². The van der Waals surface area contributed by atoms with E-state index in [4.69, 9.17) is 0 Å². The Labute approximate surface area is 89.4 Å². The third-order valence-electron chi connectivity index (χ3n) is 1.92. The lowest BCUT2D eigenvalue weighted by Crippen LogP contribution is -2.08. The zero-order valence-corrected chi connectivity index (χ0v) is 8.31. The Morgan fingerprint density at radius 2 is 1.94 bits per heavy atom. The van der Waals surface area contributed by atoms with Crippen LogP contribution >= 0.6 is 0 Å². The van der Waals surface area contributed by atoms with Crippen molar-refractivity contribution in [2.45, 2.75) is 13.1 Å². The number of allylic oxidation sites excluding steroid dienone is 1. The smallest absolute Gasteiger partial charge is 0.298 e. The molecule has 0 unspecified atom stereocenters. The predicted molar refractivity (Wildman–Crippen MR) is 51.1 cm³/mol. The summed E-state index contributed by atoms with van der Waals surface area (Å²) in [5.41, 5.74) is -1.68. The van der Waals surface area contributed by atoms with E-state index in [0.717, 1.165) is 24.3 Å². The first-order valence-electron chi connectivity index (χ1n) is 4.35. The van der Waals surface area contributed by atoms with Gasteiger partial charge in [-0.3, -0.25) is 4.79 Å². The van der Waals surface area contributed by atoms with Gasteiger partial charge in [-0.1, -0.05) is 6.07 Å². The van der Waals surface area contributed by atoms with Gasteiger partial charge in [-0.25, -0.2) is 4.39 Å². The highest BCUT2D eigenvalue weighted by Gasteiger charge is 2.33. The van der Waals surface area contributed by atoms with E-state index in [1.165, 1.54) is 6.92 Å². The van der Waals surface area contributed by atoms with Gasteiger partial charge in [-0.2, -0.15) is 13.2 Å². The first-order valence-corrected chi connectivity index (χ1v) is 4.35. The zero-order chi connectivity index (χ0) is 12.3. The van der Waals surface area contributed by atoms with Gasteiger partial charge in [-0.15, -0.1) is 0 Å². The minimum atomic E-state index is -4.64. The monoisotopic (exact) mass is 232 g/mol. The van der Waals surface area contributed by atoms with Gasteiger partial charge >= 0.3 is 6.18 Å². The van der Waals surface area contributed by atoms with E-state index in [2.05, 4.69) is 0 Å². The number of halogens is 4. The topological polar surface area (TPSA) is 17.1 Å². The maximum atomic E-state index is 13.2. The highest BCUT2D eigenvalue weighted by Crippen LogP contribution is 2.33. The number of hydrogen-bond acceptors (Lipinski definition) is 1. The van der Waals surface area contributed by atoms with E-state index in [1.807, 2.05) is 0 Å². The molecular weight excluding hydrogens is 224 g/mol. The lowest BCUT2D eigenvalue weighted by Gasteiger charge is -2.10. The third-order valence-corrected chi connectivity index (χ3v) is 1.92. The largest absolute Gasteiger partial charge is 0.417 e. The summed E-state index contributed by atoms with van der Waals surface area (Å²) in [7, 11) is 0. The average Bonchev–Trinajstić information content (AvgIpc) is 2.19. The molecule has 1 nitrogen and oxygen atoms in total. The molecule has 0 N–H and O–H groups in total. The van der Waals surface area contributed by atoms with E-state index < -0.39 is 23.1 Å². The quantitative estimate of drug-likeness (QED) is 0.433. The molecule has 0 aliphatic heterocycles. The number of rotatable bonds is 2. The molecule has 0 spiro atoms. The fraction of sp³-hybridized carbons (Fsp3) is 0.182. The molecule has 0 amide bonds. The third kappa shape index (κ3) is 2.68. The molecule has 0 aromatic heterocycles. The van der Waals surface area contributed by atoms with Gasteiger partial charge in [0.15, 0.2) is 0 Å². The molecule has 16 heavy (non-hydrogen) atoms.